The van der Waals surface area contributed by atoms with Crippen LogP contribution >= 0.6 is 0 Å². The Bertz CT molecular complexity index is 538. The minimum atomic E-state index is -4.33. The zero-order valence-corrected chi connectivity index (χ0v) is 8.49. The van der Waals surface area contributed by atoms with E-state index >= 15 is 0 Å². The SMILES string of the molecule is C/C=C/c1cnc2ccc(C(F)(F)F)cn12. The van der Waals surface area contributed by atoms with Crippen LogP contribution in [0.1, 0.15) is 18.2 Å². The number of allylic oxidation sites excluding steroid dienone is 1. The molecule has 16 heavy (non-hydrogen) atoms. The van der Waals surface area contributed by atoms with E-state index in [0.717, 1.165) is 12.3 Å². The minimum absolute atomic E-state index is 0.501. The lowest BCUT2D eigenvalue weighted by molar-refractivity contribution is -0.137. The Labute approximate surface area is 90.0 Å². The van der Waals surface area contributed by atoms with Crippen molar-refractivity contribution in [3.05, 3.63) is 41.9 Å². The van der Waals surface area contributed by atoms with Crippen LogP contribution in [0.5, 0.6) is 0 Å². The average Bonchev–Trinajstić information content (AvgIpc) is 2.60. The molecule has 0 aliphatic heterocycles. The molecule has 0 N–H and O–H groups in total. The minimum Gasteiger partial charge on any atom is -0.300 e. The highest BCUT2D eigenvalue weighted by molar-refractivity contribution is 5.52. The van der Waals surface area contributed by atoms with Gasteiger partial charge >= 0.3 is 6.18 Å². The molecule has 0 atom stereocenters. The van der Waals surface area contributed by atoms with Crippen molar-refractivity contribution in [1.82, 2.24) is 9.38 Å². The van der Waals surface area contributed by atoms with E-state index in [-0.39, 0.29) is 0 Å². The lowest BCUT2D eigenvalue weighted by Crippen LogP contribution is -2.06. The second-order valence-corrected chi connectivity index (χ2v) is 3.33. The highest BCUT2D eigenvalue weighted by atomic mass is 19.4. The van der Waals surface area contributed by atoms with Crippen molar-refractivity contribution in [2.24, 2.45) is 0 Å². The summed E-state index contributed by atoms with van der Waals surface area (Å²) in [5.74, 6) is 0. The first kappa shape index (κ1) is 10.7. The third-order valence-electron chi connectivity index (χ3n) is 2.20. The molecular formula is C11H9F3N2. The smallest absolute Gasteiger partial charge is 0.300 e. The third-order valence-corrected chi connectivity index (χ3v) is 2.20. The molecule has 2 heterocycles. The van der Waals surface area contributed by atoms with Crippen molar-refractivity contribution in [2.75, 3.05) is 0 Å². The molecule has 0 fully saturated rings. The molecule has 0 saturated heterocycles. The summed E-state index contributed by atoms with van der Waals surface area (Å²) in [4.78, 5) is 4.00. The Hall–Kier alpha value is -1.78. The predicted octanol–water partition coefficient (Wildman–Crippen LogP) is 3.39. The number of imidazole rings is 1. The van der Waals surface area contributed by atoms with Gasteiger partial charge in [0.2, 0.25) is 0 Å². The monoisotopic (exact) mass is 226 g/mol. The molecule has 0 unspecified atom stereocenters. The highest BCUT2D eigenvalue weighted by Crippen LogP contribution is 2.29. The van der Waals surface area contributed by atoms with E-state index in [1.165, 1.54) is 16.7 Å². The summed E-state index contributed by atoms with van der Waals surface area (Å²) in [6.45, 7) is 1.80. The number of halogens is 3. The number of fused-ring (bicyclic) bond motifs is 1. The van der Waals surface area contributed by atoms with Crippen LogP contribution in [0.3, 0.4) is 0 Å². The third kappa shape index (κ3) is 1.80. The van der Waals surface area contributed by atoms with Crippen LogP contribution in [0.15, 0.2) is 30.6 Å². The fourth-order valence-corrected chi connectivity index (χ4v) is 1.46. The van der Waals surface area contributed by atoms with E-state index in [1.807, 2.05) is 0 Å². The predicted molar refractivity (Wildman–Crippen MR) is 54.9 cm³/mol. The summed E-state index contributed by atoms with van der Waals surface area (Å²) in [6.07, 6.45) is 1.72. The van der Waals surface area contributed by atoms with Gasteiger partial charge < -0.3 is 0 Å². The Morgan fingerprint density at radius 3 is 2.69 bits per heavy atom. The van der Waals surface area contributed by atoms with E-state index < -0.39 is 11.7 Å². The molecule has 0 bridgehead atoms. The molecule has 2 nitrogen and oxygen atoms in total. The zero-order valence-electron chi connectivity index (χ0n) is 8.49. The Morgan fingerprint density at radius 1 is 1.31 bits per heavy atom. The van der Waals surface area contributed by atoms with Crippen LogP contribution in [0.4, 0.5) is 13.2 Å². The molecule has 0 aliphatic carbocycles. The number of rotatable bonds is 1. The first-order valence-corrected chi connectivity index (χ1v) is 4.69. The Kier molecular flexibility index (Phi) is 2.46. The van der Waals surface area contributed by atoms with Gasteiger partial charge in [-0.3, -0.25) is 4.40 Å². The van der Waals surface area contributed by atoms with Crippen molar-refractivity contribution in [2.45, 2.75) is 13.1 Å². The number of aromatic nitrogens is 2. The van der Waals surface area contributed by atoms with Crippen molar-refractivity contribution < 1.29 is 13.2 Å². The molecule has 2 aromatic heterocycles. The van der Waals surface area contributed by atoms with E-state index in [2.05, 4.69) is 4.98 Å². The molecule has 0 aliphatic rings. The maximum Gasteiger partial charge on any atom is 0.417 e. The standard InChI is InChI=1S/C11H9F3N2/c1-2-3-9-6-15-10-5-4-8(7-16(9)10)11(12,13)14/h2-7H,1H3/b3-2+. The first-order valence-electron chi connectivity index (χ1n) is 4.69. The van der Waals surface area contributed by atoms with Gasteiger partial charge in [-0.25, -0.2) is 4.98 Å². The van der Waals surface area contributed by atoms with Crippen LogP contribution < -0.4 is 0 Å². The second kappa shape index (κ2) is 3.66. The molecular weight excluding hydrogens is 217 g/mol. The van der Waals surface area contributed by atoms with Gasteiger partial charge in [-0.05, 0) is 25.1 Å². The largest absolute Gasteiger partial charge is 0.417 e. The molecule has 0 radical (unpaired) electrons. The molecule has 0 saturated carbocycles. The van der Waals surface area contributed by atoms with Gasteiger partial charge in [-0.15, -0.1) is 0 Å². The van der Waals surface area contributed by atoms with Gasteiger partial charge in [-0.1, -0.05) is 6.08 Å². The summed E-state index contributed by atoms with van der Waals surface area (Å²) < 4.78 is 38.9. The summed E-state index contributed by atoms with van der Waals surface area (Å²) in [5, 5.41) is 0. The van der Waals surface area contributed by atoms with E-state index in [9.17, 15) is 13.2 Å². The number of hydrogen-bond donors (Lipinski definition) is 0. The Balaban J connectivity index is 2.63. The topological polar surface area (TPSA) is 17.3 Å². The van der Waals surface area contributed by atoms with Crippen molar-refractivity contribution in [3.63, 3.8) is 0 Å². The molecule has 0 amide bonds. The molecule has 0 spiro atoms. The van der Waals surface area contributed by atoms with Crippen molar-refractivity contribution in [1.29, 1.82) is 0 Å². The first-order chi connectivity index (χ1) is 7.52. The number of pyridine rings is 1. The van der Waals surface area contributed by atoms with Gasteiger partial charge in [0.1, 0.15) is 5.65 Å². The van der Waals surface area contributed by atoms with Crippen LogP contribution in [0.25, 0.3) is 11.7 Å². The maximum atomic E-state index is 12.5. The van der Waals surface area contributed by atoms with E-state index in [4.69, 9.17) is 0 Å². The lowest BCUT2D eigenvalue weighted by Gasteiger charge is -2.07. The molecule has 0 aromatic carbocycles. The number of hydrogen-bond acceptors (Lipinski definition) is 1. The number of nitrogens with zero attached hydrogens (tertiary/aromatic N) is 2. The second-order valence-electron chi connectivity index (χ2n) is 3.33. The van der Waals surface area contributed by atoms with Crippen LogP contribution in [0, 0.1) is 0 Å². The summed E-state index contributed by atoms with van der Waals surface area (Å²) in [6, 6.07) is 2.39. The van der Waals surface area contributed by atoms with Gasteiger partial charge in [0.25, 0.3) is 0 Å². The maximum absolute atomic E-state index is 12.5. The van der Waals surface area contributed by atoms with Crippen LogP contribution in [-0.4, -0.2) is 9.38 Å². The molecule has 5 heteroatoms. The summed E-state index contributed by atoms with van der Waals surface area (Å²) >= 11 is 0. The van der Waals surface area contributed by atoms with Gasteiger partial charge in [0.15, 0.2) is 0 Å². The summed E-state index contributed by atoms with van der Waals surface area (Å²) in [7, 11) is 0. The fourth-order valence-electron chi connectivity index (χ4n) is 1.46. The van der Waals surface area contributed by atoms with Crippen molar-refractivity contribution in [3.8, 4) is 0 Å². The molecule has 84 valence electrons. The van der Waals surface area contributed by atoms with Crippen LogP contribution in [0.2, 0.25) is 0 Å². The van der Waals surface area contributed by atoms with E-state index in [0.29, 0.717) is 11.3 Å². The van der Waals surface area contributed by atoms with Crippen LogP contribution in [-0.2, 0) is 6.18 Å². The lowest BCUT2D eigenvalue weighted by atomic mass is 10.3. The fraction of sp³-hybridized carbons (Fsp3) is 0.182. The normalized spacial score (nSPS) is 12.8. The molecule has 2 rings (SSSR count). The van der Waals surface area contributed by atoms with E-state index in [1.54, 1.807) is 19.1 Å². The quantitative estimate of drug-likeness (QED) is 0.728. The summed E-state index contributed by atoms with van der Waals surface area (Å²) in [5.41, 5.74) is 0.452. The van der Waals surface area contributed by atoms with Gasteiger partial charge in [0, 0.05) is 6.20 Å². The number of alkyl halides is 3. The average molecular weight is 226 g/mol. The van der Waals surface area contributed by atoms with Gasteiger partial charge in [0.05, 0.1) is 17.5 Å². The zero-order chi connectivity index (χ0) is 11.8. The highest BCUT2D eigenvalue weighted by Gasteiger charge is 2.30. The van der Waals surface area contributed by atoms with Gasteiger partial charge in [-0.2, -0.15) is 13.2 Å². The van der Waals surface area contributed by atoms with Crippen molar-refractivity contribution >= 4 is 11.7 Å². The Morgan fingerprint density at radius 2 is 2.06 bits per heavy atom. The molecule has 2 aromatic rings.